The Morgan fingerprint density at radius 3 is 2.84 bits per heavy atom. The van der Waals surface area contributed by atoms with Crippen molar-refractivity contribution in [2.75, 3.05) is 6.61 Å². The van der Waals surface area contributed by atoms with Crippen LogP contribution in [0.3, 0.4) is 0 Å². The van der Waals surface area contributed by atoms with Crippen LogP contribution in [0.4, 0.5) is 0 Å². The second kappa shape index (κ2) is 5.60. The Kier molecular flexibility index (Phi) is 4.27. The SMILES string of the molecule is CCn1cc(S(=O)(=O)NC2CCCC2CO)nc1C. The molecule has 1 aliphatic carbocycles. The van der Waals surface area contributed by atoms with E-state index in [1.807, 2.05) is 6.92 Å². The molecule has 0 radical (unpaired) electrons. The van der Waals surface area contributed by atoms with Gasteiger partial charge in [-0.05, 0) is 32.6 Å². The van der Waals surface area contributed by atoms with Crippen LogP contribution >= 0.6 is 0 Å². The molecule has 2 N–H and O–H groups in total. The third-order valence-corrected chi connectivity index (χ3v) is 5.13. The minimum absolute atomic E-state index is 0.0177. The van der Waals surface area contributed by atoms with Crippen LogP contribution in [-0.2, 0) is 16.6 Å². The lowest BCUT2D eigenvalue weighted by atomic mass is 10.1. The van der Waals surface area contributed by atoms with Crippen LogP contribution in [0, 0.1) is 12.8 Å². The van der Waals surface area contributed by atoms with Crippen molar-refractivity contribution in [3.8, 4) is 0 Å². The van der Waals surface area contributed by atoms with Crippen molar-refractivity contribution >= 4 is 10.0 Å². The van der Waals surface area contributed by atoms with Gasteiger partial charge in [0.25, 0.3) is 10.0 Å². The normalized spacial score (nSPS) is 23.9. The van der Waals surface area contributed by atoms with Gasteiger partial charge in [-0.1, -0.05) is 6.42 Å². The van der Waals surface area contributed by atoms with Gasteiger partial charge in [-0.2, -0.15) is 0 Å². The molecule has 1 aliphatic rings. The molecule has 2 unspecified atom stereocenters. The third-order valence-electron chi connectivity index (χ3n) is 3.77. The van der Waals surface area contributed by atoms with Crippen LogP contribution in [0.2, 0.25) is 0 Å². The summed E-state index contributed by atoms with van der Waals surface area (Å²) in [4.78, 5) is 4.10. The van der Waals surface area contributed by atoms with Gasteiger partial charge in [0.1, 0.15) is 5.82 Å². The van der Waals surface area contributed by atoms with E-state index >= 15 is 0 Å². The zero-order valence-corrected chi connectivity index (χ0v) is 12.2. The maximum Gasteiger partial charge on any atom is 0.259 e. The van der Waals surface area contributed by atoms with Crippen molar-refractivity contribution in [1.29, 1.82) is 0 Å². The van der Waals surface area contributed by atoms with E-state index in [0.29, 0.717) is 12.4 Å². The fourth-order valence-corrected chi connectivity index (χ4v) is 3.95. The highest BCUT2D eigenvalue weighted by Crippen LogP contribution is 2.26. The molecule has 1 saturated carbocycles. The lowest BCUT2D eigenvalue weighted by Gasteiger charge is -2.18. The number of hydrogen-bond acceptors (Lipinski definition) is 4. The Labute approximate surface area is 113 Å². The minimum Gasteiger partial charge on any atom is -0.396 e. The minimum atomic E-state index is -3.59. The van der Waals surface area contributed by atoms with Gasteiger partial charge < -0.3 is 9.67 Å². The number of hydrogen-bond donors (Lipinski definition) is 2. The summed E-state index contributed by atoms with van der Waals surface area (Å²) in [7, 11) is -3.59. The number of aliphatic hydroxyl groups excluding tert-OH is 1. The first kappa shape index (κ1) is 14.5. The van der Waals surface area contributed by atoms with E-state index in [-0.39, 0.29) is 23.6 Å². The first-order valence-electron chi connectivity index (χ1n) is 6.65. The molecule has 6 nitrogen and oxygen atoms in total. The molecule has 0 aliphatic heterocycles. The molecule has 0 saturated heterocycles. The summed E-state index contributed by atoms with van der Waals surface area (Å²) in [6, 6.07) is -0.179. The number of aromatic nitrogens is 2. The fraction of sp³-hybridized carbons (Fsp3) is 0.750. The zero-order valence-electron chi connectivity index (χ0n) is 11.3. The zero-order chi connectivity index (χ0) is 14.0. The first-order valence-corrected chi connectivity index (χ1v) is 8.13. The van der Waals surface area contributed by atoms with Gasteiger partial charge in [0.05, 0.1) is 0 Å². The largest absolute Gasteiger partial charge is 0.396 e. The van der Waals surface area contributed by atoms with Crippen molar-refractivity contribution in [2.45, 2.75) is 50.7 Å². The average Bonchev–Trinajstić information content (AvgIpc) is 2.95. The maximum atomic E-state index is 12.3. The molecular formula is C12H21N3O3S. The molecule has 108 valence electrons. The second-order valence-corrected chi connectivity index (χ2v) is 6.67. The van der Waals surface area contributed by atoms with Gasteiger partial charge >= 0.3 is 0 Å². The molecule has 1 heterocycles. The number of aryl methyl sites for hydroxylation is 2. The molecule has 0 spiro atoms. The standard InChI is InChI=1S/C12H21N3O3S/c1-3-15-7-12(13-9(15)2)19(17,18)14-11-6-4-5-10(11)8-16/h7,10-11,14,16H,3-6,8H2,1-2H3. The number of aliphatic hydroxyl groups is 1. The Balaban J connectivity index is 2.17. The van der Waals surface area contributed by atoms with Crippen molar-refractivity contribution in [3.05, 3.63) is 12.0 Å². The molecule has 19 heavy (non-hydrogen) atoms. The molecule has 2 atom stereocenters. The highest BCUT2D eigenvalue weighted by atomic mass is 32.2. The van der Waals surface area contributed by atoms with Gasteiger partial charge in [0, 0.05) is 25.4 Å². The molecule has 1 aromatic rings. The average molecular weight is 287 g/mol. The summed E-state index contributed by atoms with van der Waals surface area (Å²) in [5.74, 6) is 0.706. The molecule has 2 rings (SSSR count). The molecule has 0 amide bonds. The van der Waals surface area contributed by atoms with Crippen molar-refractivity contribution in [1.82, 2.24) is 14.3 Å². The predicted octanol–water partition coefficient (Wildman–Crippen LogP) is 0.651. The monoisotopic (exact) mass is 287 g/mol. The highest BCUT2D eigenvalue weighted by molar-refractivity contribution is 7.89. The van der Waals surface area contributed by atoms with Crippen LogP contribution < -0.4 is 4.72 Å². The van der Waals surface area contributed by atoms with Crippen molar-refractivity contribution < 1.29 is 13.5 Å². The number of nitrogens with zero attached hydrogens (tertiary/aromatic N) is 2. The predicted molar refractivity (Wildman–Crippen MR) is 71.2 cm³/mol. The smallest absolute Gasteiger partial charge is 0.259 e. The Morgan fingerprint density at radius 1 is 1.53 bits per heavy atom. The summed E-state index contributed by atoms with van der Waals surface area (Å²) in [5.41, 5.74) is 0. The lowest BCUT2D eigenvalue weighted by Crippen LogP contribution is -2.38. The van der Waals surface area contributed by atoms with E-state index in [1.165, 1.54) is 0 Å². The van der Waals surface area contributed by atoms with E-state index in [9.17, 15) is 13.5 Å². The molecular weight excluding hydrogens is 266 g/mol. The van der Waals surface area contributed by atoms with E-state index < -0.39 is 10.0 Å². The first-order chi connectivity index (χ1) is 8.97. The van der Waals surface area contributed by atoms with Crippen LogP contribution in [0.15, 0.2) is 11.2 Å². The van der Waals surface area contributed by atoms with Crippen molar-refractivity contribution in [3.63, 3.8) is 0 Å². The number of nitrogens with one attached hydrogen (secondary N) is 1. The van der Waals surface area contributed by atoms with Crippen LogP contribution in [0.25, 0.3) is 0 Å². The molecule has 0 aromatic carbocycles. The fourth-order valence-electron chi connectivity index (χ4n) is 2.60. The molecule has 7 heteroatoms. The Hall–Kier alpha value is -0.920. The van der Waals surface area contributed by atoms with Gasteiger partial charge in [-0.15, -0.1) is 0 Å². The second-order valence-electron chi connectivity index (χ2n) is 5.01. The molecule has 1 aromatic heterocycles. The Bertz CT molecular complexity index is 538. The molecule has 1 fully saturated rings. The van der Waals surface area contributed by atoms with E-state index in [2.05, 4.69) is 9.71 Å². The third kappa shape index (κ3) is 2.98. The molecule has 0 bridgehead atoms. The van der Waals surface area contributed by atoms with Gasteiger partial charge in [-0.3, -0.25) is 0 Å². The summed E-state index contributed by atoms with van der Waals surface area (Å²) in [6.07, 6.45) is 4.14. The van der Waals surface area contributed by atoms with Crippen LogP contribution in [0.1, 0.15) is 32.0 Å². The summed E-state index contributed by atoms with van der Waals surface area (Å²) in [6.45, 7) is 4.44. The lowest BCUT2D eigenvalue weighted by molar-refractivity contribution is 0.213. The topological polar surface area (TPSA) is 84.2 Å². The van der Waals surface area contributed by atoms with Crippen LogP contribution in [-0.4, -0.2) is 35.7 Å². The number of imidazole rings is 1. The van der Waals surface area contributed by atoms with Crippen LogP contribution in [0.5, 0.6) is 0 Å². The van der Waals surface area contributed by atoms with Crippen molar-refractivity contribution in [2.24, 2.45) is 5.92 Å². The van der Waals surface area contributed by atoms with E-state index in [0.717, 1.165) is 19.3 Å². The summed E-state index contributed by atoms with van der Waals surface area (Å²) >= 11 is 0. The summed E-state index contributed by atoms with van der Waals surface area (Å²) in [5, 5.41) is 9.30. The quantitative estimate of drug-likeness (QED) is 0.833. The number of sulfonamides is 1. The highest BCUT2D eigenvalue weighted by Gasteiger charge is 2.31. The number of rotatable bonds is 5. The van der Waals surface area contributed by atoms with E-state index in [1.54, 1.807) is 17.7 Å². The van der Waals surface area contributed by atoms with Gasteiger partial charge in [-0.25, -0.2) is 18.1 Å². The summed E-state index contributed by atoms with van der Waals surface area (Å²) < 4.78 is 29.0. The Morgan fingerprint density at radius 2 is 2.26 bits per heavy atom. The van der Waals surface area contributed by atoms with Gasteiger partial charge in [0.2, 0.25) is 0 Å². The van der Waals surface area contributed by atoms with E-state index in [4.69, 9.17) is 0 Å². The van der Waals surface area contributed by atoms with Gasteiger partial charge in [0.15, 0.2) is 5.03 Å². The maximum absolute atomic E-state index is 12.3.